The third-order valence-electron chi connectivity index (χ3n) is 4.73. The molecule has 2 aromatic carbocycles. The van der Waals surface area contributed by atoms with Gasteiger partial charge in [-0.2, -0.15) is 0 Å². The first-order valence-electron chi connectivity index (χ1n) is 9.37. The SMILES string of the molecule is CCCCc1cc2ccc(CNC(=O)c3ccc4ncccc4c3)cc2o1. The number of hydrogen-bond acceptors (Lipinski definition) is 3. The molecule has 1 amide bonds. The van der Waals surface area contributed by atoms with Gasteiger partial charge in [0.15, 0.2) is 0 Å². The smallest absolute Gasteiger partial charge is 0.251 e. The zero-order chi connectivity index (χ0) is 18.6. The summed E-state index contributed by atoms with van der Waals surface area (Å²) in [6, 6.07) is 17.6. The highest BCUT2D eigenvalue weighted by atomic mass is 16.3. The van der Waals surface area contributed by atoms with E-state index in [4.69, 9.17) is 4.42 Å². The highest BCUT2D eigenvalue weighted by Crippen LogP contribution is 2.22. The van der Waals surface area contributed by atoms with Crippen molar-refractivity contribution in [1.29, 1.82) is 0 Å². The van der Waals surface area contributed by atoms with Crippen molar-refractivity contribution >= 4 is 27.8 Å². The number of pyridine rings is 1. The van der Waals surface area contributed by atoms with Gasteiger partial charge in [0, 0.05) is 35.5 Å². The number of fused-ring (bicyclic) bond motifs is 2. The van der Waals surface area contributed by atoms with Gasteiger partial charge in [-0.1, -0.05) is 31.5 Å². The average Bonchev–Trinajstić information content (AvgIpc) is 3.12. The molecular weight excluding hydrogens is 336 g/mol. The average molecular weight is 358 g/mol. The number of amides is 1. The summed E-state index contributed by atoms with van der Waals surface area (Å²) in [5, 5.41) is 5.05. The number of hydrogen-bond donors (Lipinski definition) is 1. The van der Waals surface area contributed by atoms with Gasteiger partial charge >= 0.3 is 0 Å². The van der Waals surface area contributed by atoms with Crippen molar-refractivity contribution < 1.29 is 9.21 Å². The fourth-order valence-corrected chi connectivity index (χ4v) is 3.22. The Bertz CT molecular complexity index is 1100. The van der Waals surface area contributed by atoms with Crippen LogP contribution in [0.3, 0.4) is 0 Å². The molecule has 0 atom stereocenters. The van der Waals surface area contributed by atoms with E-state index in [2.05, 4.69) is 29.4 Å². The number of furan rings is 1. The molecule has 0 fully saturated rings. The molecule has 0 spiro atoms. The van der Waals surface area contributed by atoms with Crippen molar-refractivity contribution in [2.24, 2.45) is 0 Å². The number of carbonyl (C=O) groups excluding carboxylic acids is 1. The number of aryl methyl sites for hydroxylation is 1. The molecule has 0 saturated heterocycles. The van der Waals surface area contributed by atoms with Gasteiger partial charge in [-0.3, -0.25) is 9.78 Å². The third-order valence-corrected chi connectivity index (χ3v) is 4.73. The lowest BCUT2D eigenvalue weighted by atomic mass is 10.1. The summed E-state index contributed by atoms with van der Waals surface area (Å²) >= 11 is 0. The van der Waals surface area contributed by atoms with Crippen LogP contribution in [0.25, 0.3) is 21.9 Å². The summed E-state index contributed by atoms with van der Waals surface area (Å²) in [4.78, 5) is 16.8. The van der Waals surface area contributed by atoms with Crippen molar-refractivity contribution in [1.82, 2.24) is 10.3 Å². The van der Waals surface area contributed by atoms with Gasteiger partial charge in [-0.05, 0) is 48.4 Å². The highest BCUT2D eigenvalue weighted by Gasteiger charge is 2.08. The van der Waals surface area contributed by atoms with Crippen LogP contribution in [0.4, 0.5) is 0 Å². The monoisotopic (exact) mass is 358 g/mol. The Morgan fingerprint density at radius 3 is 2.89 bits per heavy atom. The molecule has 136 valence electrons. The third kappa shape index (κ3) is 3.85. The molecule has 4 rings (SSSR count). The van der Waals surface area contributed by atoms with Crippen LogP contribution in [0.2, 0.25) is 0 Å². The second-order valence-electron chi connectivity index (χ2n) is 6.78. The van der Waals surface area contributed by atoms with Crippen LogP contribution < -0.4 is 5.32 Å². The molecule has 2 aromatic heterocycles. The molecule has 27 heavy (non-hydrogen) atoms. The van der Waals surface area contributed by atoms with Crippen LogP contribution in [0.1, 0.15) is 41.4 Å². The Balaban J connectivity index is 1.46. The predicted molar refractivity (Wildman–Crippen MR) is 108 cm³/mol. The summed E-state index contributed by atoms with van der Waals surface area (Å²) in [5.74, 6) is 0.932. The fourth-order valence-electron chi connectivity index (χ4n) is 3.22. The number of carbonyl (C=O) groups is 1. The van der Waals surface area contributed by atoms with Crippen molar-refractivity contribution in [3.8, 4) is 0 Å². The van der Waals surface area contributed by atoms with E-state index in [1.807, 2.05) is 36.4 Å². The molecule has 0 aliphatic heterocycles. The molecular formula is C23H22N2O2. The number of benzene rings is 2. The minimum atomic E-state index is -0.0936. The van der Waals surface area contributed by atoms with Crippen LogP contribution in [-0.4, -0.2) is 10.9 Å². The quantitative estimate of drug-likeness (QED) is 0.512. The van der Waals surface area contributed by atoms with E-state index in [0.29, 0.717) is 12.1 Å². The van der Waals surface area contributed by atoms with E-state index < -0.39 is 0 Å². The Morgan fingerprint density at radius 1 is 1.07 bits per heavy atom. The van der Waals surface area contributed by atoms with Crippen LogP contribution >= 0.6 is 0 Å². The second kappa shape index (κ2) is 7.62. The van der Waals surface area contributed by atoms with Crippen molar-refractivity contribution in [3.05, 3.63) is 77.7 Å². The van der Waals surface area contributed by atoms with Gasteiger partial charge < -0.3 is 9.73 Å². The Labute approximate surface area is 158 Å². The minimum absolute atomic E-state index is 0.0936. The molecule has 1 N–H and O–H groups in total. The molecule has 4 heteroatoms. The Hall–Kier alpha value is -3.14. The number of nitrogens with zero attached hydrogens (tertiary/aromatic N) is 1. The van der Waals surface area contributed by atoms with Gasteiger partial charge in [-0.15, -0.1) is 0 Å². The van der Waals surface area contributed by atoms with Crippen molar-refractivity contribution in [3.63, 3.8) is 0 Å². The number of aromatic nitrogens is 1. The van der Waals surface area contributed by atoms with Crippen LogP contribution in [0, 0.1) is 0 Å². The number of rotatable bonds is 6. The maximum absolute atomic E-state index is 12.5. The first-order valence-corrected chi connectivity index (χ1v) is 9.37. The van der Waals surface area contributed by atoms with Gasteiger partial charge in [0.1, 0.15) is 11.3 Å². The molecule has 4 nitrogen and oxygen atoms in total. The van der Waals surface area contributed by atoms with E-state index in [1.165, 1.54) is 0 Å². The molecule has 0 aliphatic carbocycles. The molecule has 0 unspecified atom stereocenters. The van der Waals surface area contributed by atoms with E-state index in [-0.39, 0.29) is 5.91 Å². The predicted octanol–water partition coefficient (Wildman–Crippen LogP) is 5.25. The summed E-state index contributed by atoms with van der Waals surface area (Å²) in [7, 11) is 0. The lowest BCUT2D eigenvalue weighted by molar-refractivity contribution is 0.0951. The van der Waals surface area contributed by atoms with E-state index in [1.54, 1.807) is 12.3 Å². The van der Waals surface area contributed by atoms with Crippen molar-refractivity contribution in [2.45, 2.75) is 32.7 Å². The Morgan fingerprint density at radius 2 is 2.00 bits per heavy atom. The van der Waals surface area contributed by atoms with Crippen LogP contribution in [-0.2, 0) is 13.0 Å². The second-order valence-corrected chi connectivity index (χ2v) is 6.78. The molecule has 2 heterocycles. The molecule has 0 radical (unpaired) electrons. The van der Waals surface area contributed by atoms with Gasteiger partial charge in [0.2, 0.25) is 0 Å². The molecule has 0 saturated carbocycles. The lowest BCUT2D eigenvalue weighted by Crippen LogP contribution is -2.22. The summed E-state index contributed by atoms with van der Waals surface area (Å²) < 4.78 is 5.93. The summed E-state index contributed by atoms with van der Waals surface area (Å²) in [6.07, 6.45) is 5.00. The first-order chi connectivity index (χ1) is 13.2. The highest BCUT2D eigenvalue weighted by molar-refractivity contribution is 5.97. The maximum Gasteiger partial charge on any atom is 0.251 e. The lowest BCUT2D eigenvalue weighted by Gasteiger charge is -2.06. The first kappa shape index (κ1) is 17.3. The molecule has 0 aliphatic rings. The van der Waals surface area contributed by atoms with E-state index >= 15 is 0 Å². The minimum Gasteiger partial charge on any atom is -0.461 e. The maximum atomic E-state index is 12.5. The summed E-state index contributed by atoms with van der Waals surface area (Å²) in [5.41, 5.74) is 3.42. The van der Waals surface area contributed by atoms with E-state index in [0.717, 1.165) is 52.5 Å². The summed E-state index contributed by atoms with van der Waals surface area (Å²) in [6.45, 7) is 2.64. The van der Waals surface area contributed by atoms with Gasteiger partial charge in [-0.25, -0.2) is 0 Å². The normalized spacial score (nSPS) is 11.1. The molecule has 0 bridgehead atoms. The zero-order valence-corrected chi connectivity index (χ0v) is 15.4. The fraction of sp³-hybridized carbons (Fsp3) is 0.217. The standard InChI is InChI=1S/C23H22N2O2/c1-2-3-6-20-14-18-8-7-16(12-22(18)27-20)15-25-23(26)19-9-10-21-17(13-19)5-4-11-24-21/h4-5,7-14H,2-3,6,15H2,1H3,(H,25,26). The van der Waals surface area contributed by atoms with Crippen LogP contribution in [0.15, 0.2) is 65.2 Å². The largest absolute Gasteiger partial charge is 0.461 e. The van der Waals surface area contributed by atoms with Gasteiger partial charge in [0.05, 0.1) is 5.52 Å². The zero-order valence-electron chi connectivity index (χ0n) is 15.4. The Kier molecular flexibility index (Phi) is 4.88. The van der Waals surface area contributed by atoms with Gasteiger partial charge in [0.25, 0.3) is 5.91 Å². The topological polar surface area (TPSA) is 55.1 Å². The van der Waals surface area contributed by atoms with Crippen LogP contribution in [0.5, 0.6) is 0 Å². The number of nitrogens with one attached hydrogen (secondary N) is 1. The molecule has 4 aromatic rings. The number of unbranched alkanes of at least 4 members (excludes halogenated alkanes) is 1. The van der Waals surface area contributed by atoms with Crippen molar-refractivity contribution in [2.75, 3.05) is 0 Å². The van der Waals surface area contributed by atoms with E-state index in [9.17, 15) is 4.79 Å².